The molecule has 0 unspecified atom stereocenters. The van der Waals surface area contributed by atoms with Crippen LogP contribution < -0.4 is 0 Å². The van der Waals surface area contributed by atoms with E-state index in [0.717, 1.165) is 29.6 Å². The molecule has 3 rings (SSSR count). The van der Waals surface area contributed by atoms with E-state index in [1.807, 2.05) is 30.0 Å². The smallest absolute Gasteiger partial charge is 0.255 e. The van der Waals surface area contributed by atoms with Gasteiger partial charge < -0.3 is 9.80 Å². The molecule has 144 valence electrons. The lowest BCUT2D eigenvalue weighted by atomic mass is 10.1. The topological polar surface area (TPSA) is 56.8 Å². The second kappa shape index (κ2) is 8.23. The number of likely N-dealkylation sites (N-methyl/N-ethyl adjacent to an activating group) is 1. The van der Waals surface area contributed by atoms with Crippen LogP contribution in [0.1, 0.15) is 22.5 Å². The van der Waals surface area contributed by atoms with Crippen molar-refractivity contribution in [1.82, 2.24) is 19.7 Å². The van der Waals surface area contributed by atoms with Gasteiger partial charge in [-0.15, -0.1) is 0 Å². The van der Waals surface area contributed by atoms with E-state index in [1.165, 1.54) is 0 Å². The van der Waals surface area contributed by atoms with Gasteiger partial charge in [0.05, 0.1) is 23.3 Å². The Hall–Kier alpha value is -2.18. The average molecular weight is 389 g/mol. The van der Waals surface area contributed by atoms with Gasteiger partial charge in [-0.3, -0.25) is 19.5 Å². The normalized spacial score (nSPS) is 15.6. The first kappa shape index (κ1) is 19.6. The lowest BCUT2D eigenvalue weighted by Crippen LogP contribution is -2.39. The van der Waals surface area contributed by atoms with E-state index >= 15 is 0 Å². The summed E-state index contributed by atoms with van der Waals surface area (Å²) in [6.07, 6.45) is 0.846. The Balaban J connectivity index is 1.75. The van der Waals surface area contributed by atoms with Gasteiger partial charge in [0.15, 0.2) is 0 Å². The van der Waals surface area contributed by atoms with Crippen molar-refractivity contribution in [2.24, 2.45) is 0 Å². The van der Waals surface area contributed by atoms with Gasteiger partial charge >= 0.3 is 0 Å². The van der Waals surface area contributed by atoms with Crippen molar-refractivity contribution >= 4 is 34.3 Å². The molecule has 0 aliphatic carbocycles. The Morgan fingerprint density at radius 1 is 1.15 bits per heavy atom. The molecule has 1 fully saturated rings. The van der Waals surface area contributed by atoms with Crippen LogP contribution in [0, 0.1) is 6.92 Å². The second-order valence-electron chi connectivity index (χ2n) is 7.17. The van der Waals surface area contributed by atoms with E-state index in [-0.39, 0.29) is 11.8 Å². The molecule has 2 amide bonds. The van der Waals surface area contributed by atoms with Crippen molar-refractivity contribution < 1.29 is 9.59 Å². The summed E-state index contributed by atoms with van der Waals surface area (Å²) in [4.78, 5) is 35.2. The summed E-state index contributed by atoms with van der Waals surface area (Å²) in [6, 6.07) is 7.38. The molecule has 0 saturated carbocycles. The molecule has 2 aromatic rings. The first-order valence-electron chi connectivity index (χ1n) is 9.14. The summed E-state index contributed by atoms with van der Waals surface area (Å²) >= 11 is 6.08. The number of carbonyl (C=O) groups is 2. The van der Waals surface area contributed by atoms with Crippen LogP contribution in [0.2, 0.25) is 5.02 Å². The predicted octanol–water partition coefficient (Wildman–Crippen LogP) is 2.43. The molecule has 0 atom stereocenters. The van der Waals surface area contributed by atoms with Gasteiger partial charge in [0.25, 0.3) is 5.91 Å². The maximum Gasteiger partial charge on any atom is 0.255 e. The van der Waals surface area contributed by atoms with Gasteiger partial charge in [0.1, 0.15) is 0 Å². The molecule has 0 spiro atoms. The molecule has 1 aliphatic heterocycles. The van der Waals surface area contributed by atoms with Crippen molar-refractivity contribution in [3.05, 3.63) is 40.5 Å². The van der Waals surface area contributed by atoms with Crippen LogP contribution in [0.25, 0.3) is 10.9 Å². The summed E-state index contributed by atoms with van der Waals surface area (Å²) in [5.41, 5.74) is 2.17. The number of benzene rings is 1. The van der Waals surface area contributed by atoms with E-state index in [1.54, 1.807) is 25.1 Å². The highest BCUT2D eigenvalue weighted by Crippen LogP contribution is 2.22. The van der Waals surface area contributed by atoms with Crippen LogP contribution in [0.4, 0.5) is 0 Å². The fourth-order valence-corrected chi connectivity index (χ4v) is 3.48. The largest absolute Gasteiger partial charge is 0.348 e. The van der Waals surface area contributed by atoms with Crippen molar-refractivity contribution in [2.75, 3.05) is 46.8 Å². The minimum Gasteiger partial charge on any atom is -0.348 e. The average Bonchev–Trinajstić information content (AvgIpc) is 2.86. The van der Waals surface area contributed by atoms with E-state index in [4.69, 9.17) is 11.6 Å². The van der Waals surface area contributed by atoms with Gasteiger partial charge in [-0.2, -0.15) is 0 Å². The summed E-state index contributed by atoms with van der Waals surface area (Å²) in [6.45, 7) is 5.04. The zero-order valence-electron chi connectivity index (χ0n) is 16.0. The Kier molecular flexibility index (Phi) is 5.97. The van der Waals surface area contributed by atoms with E-state index < -0.39 is 0 Å². The number of hydrogen-bond acceptors (Lipinski definition) is 4. The van der Waals surface area contributed by atoms with Gasteiger partial charge in [0.2, 0.25) is 5.91 Å². The molecule has 0 N–H and O–H groups in total. The van der Waals surface area contributed by atoms with E-state index in [9.17, 15) is 9.59 Å². The number of halogens is 1. The molecule has 0 radical (unpaired) electrons. The number of carbonyl (C=O) groups excluding carboxylic acids is 2. The van der Waals surface area contributed by atoms with Gasteiger partial charge in [0, 0.05) is 50.7 Å². The molecule has 7 heteroatoms. The van der Waals surface area contributed by atoms with Crippen LogP contribution in [-0.2, 0) is 4.79 Å². The minimum absolute atomic E-state index is 0.0114. The van der Waals surface area contributed by atoms with E-state index in [2.05, 4.69) is 9.88 Å². The first-order chi connectivity index (χ1) is 12.8. The number of aromatic nitrogens is 1. The summed E-state index contributed by atoms with van der Waals surface area (Å²) in [7, 11) is 3.52. The number of nitrogens with zero attached hydrogens (tertiary/aromatic N) is 4. The van der Waals surface area contributed by atoms with Crippen LogP contribution in [0.3, 0.4) is 0 Å². The maximum atomic E-state index is 13.1. The highest BCUT2D eigenvalue weighted by molar-refractivity contribution is 6.31. The Bertz CT molecular complexity index is 868. The third-order valence-corrected chi connectivity index (χ3v) is 5.17. The highest BCUT2D eigenvalue weighted by atomic mass is 35.5. The Labute approximate surface area is 164 Å². The highest BCUT2D eigenvalue weighted by Gasteiger charge is 2.23. The zero-order valence-corrected chi connectivity index (χ0v) is 16.8. The lowest BCUT2D eigenvalue weighted by molar-refractivity contribution is -0.129. The molecule has 27 heavy (non-hydrogen) atoms. The van der Waals surface area contributed by atoms with Crippen molar-refractivity contribution in [3.63, 3.8) is 0 Å². The molecule has 2 heterocycles. The van der Waals surface area contributed by atoms with E-state index in [0.29, 0.717) is 36.8 Å². The quantitative estimate of drug-likeness (QED) is 0.810. The monoisotopic (exact) mass is 388 g/mol. The van der Waals surface area contributed by atoms with Crippen LogP contribution in [0.15, 0.2) is 24.3 Å². The molecule has 1 aliphatic rings. The van der Waals surface area contributed by atoms with Crippen molar-refractivity contribution in [2.45, 2.75) is 13.3 Å². The van der Waals surface area contributed by atoms with Crippen molar-refractivity contribution in [1.29, 1.82) is 0 Å². The fraction of sp³-hybridized carbons (Fsp3) is 0.450. The number of pyridine rings is 1. The predicted molar refractivity (Wildman–Crippen MR) is 107 cm³/mol. The fourth-order valence-electron chi connectivity index (χ4n) is 3.30. The second-order valence-corrected chi connectivity index (χ2v) is 7.60. The van der Waals surface area contributed by atoms with Crippen LogP contribution in [0.5, 0.6) is 0 Å². The summed E-state index contributed by atoms with van der Waals surface area (Å²) in [5.74, 6) is 0.0730. The number of fused-ring (bicyclic) bond motifs is 1. The molecular weight excluding hydrogens is 364 g/mol. The SMILES string of the molecule is Cc1nc2ccc(Cl)cc2cc1C(=O)N1CCCN(CC(=O)N(C)C)CC1. The first-order valence-corrected chi connectivity index (χ1v) is 9.51. The summed E-state index contributed by atoms with van der Waals surface area (Å²) < 4.78 is 0. The van der Waals surface area contributed by atoms with Crippen molar-refractivity contribution in [3.8, 4) is 0 Å². The third kappa shape index (κ3) is 4.57. The summed E-state index contributed by atoms with van der Waals surface area (Å²) in [5, 5.41) is 1.49. The lowest BCUT2D eigenvalue weighted by Gasteiger charge is -2.23. The molecule has 1 aromatic carbocycles. The Morgan fingerprint density at radius 3 is 2.67 bits per heavy atom. The minimum atomic E-state index is -0.0114. The maximum absolute atomic E-state index is 13.1. The van der Waals surface area contributed by atoms with Gasteiger partial charge in [-0.25, -0.2) is 0 Å². The van der Waals surface area contributed by atoms with Crippen LogP contribution in [-0.4, -0.2) is 78.3 Å². The molecular formula is C20H25ClN4O2. The molecule has 6 nitrogen and oxygen atoms in total. The number of amides is 2. The Morgan fingerprint density at radius 2 is 1.93 bits per heavy atom. The van der Waals surface area contributed by atoms with Crippen LogP contribution >= 0.6 is 11.6 Å². The number of hydrogen-bond donors (Lipinski definition) is 0. The molecule has 0 bridgehead atoms. The standard InChI is InChI=1S/C20H25ClN4O2/c1-14-17(12-15-11-16(21)5-6-18(15)22-14)20(27)25-8-4-7-24(9-10-25)13-19(26)23(2)3/h5-6,11-12H,4,7-10,13H2,1-3H3. The third-order valence-electron chi connectivity index (χ3n) is 4.93. The molecule has 1 saturated heterocycles. The van der Waals surface area contributed by atoms with Gasteiger partial charge in [-0.1, -0.05) is 11.6 Å². The number of aryl methyl sites for hydroxylation is 1. The number of rotatable bonds is 3. The van der Waals surface area contributed by atoms with Gasteiger partial charge in [-0.05, 0) is 37.6 Å². The zero-order chi connectivity index (χ0) is 19.6. The molecule has 1 aromatic heterocycles.